The molecule has 2 rings (SSSR count). The first-order valence-corrected chi connectivity index (χ1v) is 12.9. The normalized spacial score (nSPS) is 20.8. The number of hydrogen-bond acceptors (Lipinski definition) is 4. The molecule has 1 amide bonds. The van der Waals surface area contributed by atoms with Gasteiger partial charge in [0.15, 0.2) is 0 Å². The summed E-state index contributed by atoms with van der Waals surface area (Å²) in [5.74, 6) is -1.04. The second kappa shape index (κ2) is 13.2. The van der Waals surface area contributed by atoms with Gasteiger partial charge in [-0.15, -0.1) is 12.6 Å². The number of hydrogen-bond donors (Lipinski definition) is 1. The number of carbonyl (C=O) groups is 1. The summed E-state index contributed by atoms with van der Waals surface area (Å²) in [6.07, 6.45) is 5.06. The number of likely N-dealkylation sites (tertiary alicyclic amines) is 1. The summed E-state index contributed by atoms with van der Waals surface area (Å²) in [7, 11) is 0. The number of nitrogens with zero attached hydrogens (tertiary/aromatic N) is 3. The lowest BCUT2D eigenvalue weighted by Crippen LogP contribution is -2.47. The van der Waals surface area contributed by atoms with Gasteiger partial charge in [-0.1, -0.05) is 37.6 Å². The number of thiol groups is 1. The third-order valence-corrected chi connectivity index (χ3v) is 7.34. The fraction of sp³-hybridized carbons (Fsp3) is 0.680. The lowest BCUT2D eigenvalue weighted by molar-refractivity contribution is -0.156. The molecule has 192 valence electrons. The number of halogens is 4. The number of allylic oxidation sites excluding steroid dienone is 5. The molecular weight excluding hydrogens is 483 g/mol. The van der Waals surface area contributed by atoms with Gasteiger partial charge in [0, 0.05) is 42.5 Å². The van der Waals surface area contributed by atoms with Crippen molar-refractivity contribution < 1.29 is 18.0 Å². The molecule has 1 aliphatic carbocycles. The zero-order valence-corrected chi connectivity index (χ0v) is 22.2. The Labute approximate surface area is 212 Å². The van der Waals surface area contributed by atoms with Gasteiger partial charge in [0.2, 0.25) is 0 Å². The molecule has 0 N–H and O–H groups in total. The molecule has 2 aliphatic rings. The van der Waals surface area contributed by atoms with E-state index in [1.54, 1.807) is 18.7 Å². The van der Waals surface area contributed by atoms with E-state index in [4.69, 9.17) is 11.6 Å². The van der Waals surface area contributed by atoms with E-state index in [-0.39, 0.29) is 21.4 Å². The van der Waals surface area contributed by atoms with Crippen LogP contribution < -0.4 is 0 Å². The van der Waals surface area contributed by atoms with Gasteiger partial charge in [0.05, 0.1) is 16.5 Å². The van der Waals surface area contributed by atoms with Crippen molar-refractivity contribution in [1.82, 2.24) is 9.80 Å². The maximum atomic E-state index is 13.0. The van der Waals surface area contributed by atoms with Crippen LogP contribution in [0.4, 0.5) is 13.2 Å². The maximum absolute atomic E-state index is 13.0. The summed E-state index contributed by atoms with van der Waals surface area (Å²) in [4.78, 5) is 21.8. The highest BCUT2D eigenvalue weighted by molar-refractivity contribution is 7.85. The lowest BCUT2D eigenvalue weighted by atomic mass is 10.0. The van der Waals surface area contributed by atoms with Crippen molar-refractivity contribution in [3.05, 3.63) is 33.4 Å². The molecule has 0 aromatic heterocycles. The molecule has 9 heteroatoms. The predicted molar refractivity (Wildman–Crippen MR) is 137 cm³/mol. The van der Waals surface area contributed by atoms with E-state index in [0.29, 0.717) is 24.8 Å². The highest BCUT2D eigenvalue weighted by Crippen LogP contribution is 2.32. The second-order valence-corrected chi connectivity index (χ2v) is 10.1. The summed E-state index contributed by atoms with van der Waals surface area (Å²) >= 11 is 10.5. The summed E-state index contributed by atoms with van der Waals surface area (Å²) in [6.45, 7) is 10.1. The molecule has 1 saturated carbocycles. The Morgan fingerprint density at radius 1 is 1.26 bits per heavy atom. The molecule has 2 fully saturated rings. The van der Waals surface area contributed by atoms with Crippen LogP contribution >= 0.6 is 24.2 Å². The zero-order valence-electron chi connectivity index (χ0n) is 20.5. The highest BCUT2D eigenvalue weighted by atomic mass is 35.5. The Balaban J connectivity index is 2.05. The van der Waals surface area contributed by atoms with Crippen LogP contribution in [0.3, 0.4) is 0 Å². The van der Waals surface area contributed by atoms with Crippen molar-refractivity contribution in [3.8, 4) is 0 Å². The van der Waals surface area contributed by atoms with E-state index >= 15 is 0 Å². The Kier molecular flexibility index (Phi) is 11.2. The van der Waals surface area contributed by atoms with Gasteiger partial charge < -0.3 is 4.90 Å². The van der Waals surface area contributed by atoms with Crippen LogP contribution in [0.25, 0.3) is 0 Å². The SMILES string of the molecule is C\C=C(Cl)/C(=C\C(C)C(F)(F)F)/C=N/C(C)=C(\S)C(=O)N1CCC(N(CCC)CC2CC2)CC1. The van der Waals surface area contributed by atoms with Crippen LogP contribution in [-0.4, -0.2) is 60.3 Å². The minimum Gasteiger partial charge on any atom is -0.338 e. The van der Waals surface area contributed by atoms with Crippen molar-refractivity contribution in [3.63, 3.8) is 0 Å². The van der Waals surface area contributed by atoms with Gasteiger partial charge in [-0.25, -0.2) is 0 Å². The summed E-state index contributed by atoms with van der Waals surface area (Å²) in [5, 5.41) is 0.157. The van der Waals surface area contributed by atoms with Crippen molar-refractivity contribution in [2.24, 2.45) is 16.8 Å². The standard InChI is InChI=1S/C25H37ClF3N3OS/c1-5-11-32(16-19-7-8-19)21-9-12-31(13-10-21)24(33)23(34)18(4)30-15-20(22(26)6-2)14-17(3)25(27,28)29/h6,14-15,17,19,21,34H,5,7-13,16H2,1-4H3/b20-14-,22-6+,23-18-,30-15+. The van der Waals surface area contributed by atoms with Crippen molar-refractivity contribution in [1.29, 1.82) is 0 Å². The Hall–Kier alpha value is -1.25. The summed E-state index contributed by atoms with van der Waals surface area (Å²) < 4.78 is 38.9. The largest absolute Gasteiger partial charge is 0.394 e. The van der Waals surface area contributed by atoms with Crippen LogP contribution in [-0.2, 0) is 4.79 Å². The molecule has 1 atom stereocenters. The van der Waals surface area contributed by atoms with Gasteiger partial charge in [-0.2, -0.15) is 13.2 Å². The molecule has 34 heavy (non-hydrogen) atoms. The van der Waals surface area contributed by atoms with E-state index in [1.165, 1.54) is 25.1 Å². The van der Waals surface area contributed by atoms with E-state index in [1.807, 2.05) is 0 Å². The molecule has 0 aromatic carbocycles. The van der Waals surface area contributed by atoms with Crippen molar-refractivity contribution in [2.75, 3.05) is 26.2 Å². The second-order valence-electron chi connectivity index (χ2n) is 9.24. The minimum atomic E-state index is -4.38. The number of amides is 1. The average molecular weight is 520 g/mol. The van der Waals surface area contributed by atoms with Crippen LogP contribution in [0, 0.1) is 11.8 Å². The number of piperidine rings is 1. The molecule has 1 saturated heterocycles. The minimum absolute atomic E-state index is 0.148. The van der Waals surface area contributed by atoms with Gasteiger partial charge in [-0.05, 0) is 58.4 Å². The van der Waals surface area contributed by atoms with E-state index in [9.17, 15) is 18.0 Å². The molecule has 0 bridgehead atoms. The summed E-state index contributed by atoms with van der Waals surface area (Å²) in [5.41, 5.74) is 0.484. The van der Waals surface area contributed by atoms with E-state index in [2.05, 4.69) is 29.4 Å². The van der Waals surface area contributed by atoms with Gasteiger partial charge in [0.1, 0.15) is 0 Å². The Bertz CT molecular complexity index is 826. The van der Waals surface area contributed by atoms with Gasteiger partial charge in [0.25, 0.3) is 5.91 Å². The van der Waals surface area contributed by atoms with E-state index < -0.39 is 12.1 Å². The average Bonchev–Trinajstić information content (AvgIpc) is 3.63. The smallest absolute Gasteiger partial charge is 0.338 e. The maximum Gasteiger partial charge on any atom is 0.394 e. The Morgan fingerprint density at radius 2 is 1.88 bits per heavy atom. The zero-order chi connectivity index (χ0) is 25.5. The first kappa shape index (κ1) is 29.0. The topological polar surface area (TPSA) is 35.9 Å². The summed E-state index contributed by atoms with van der Waals surface area (Å²) in [6, 6.07) is 0.502. The molecular formula is C25H37ClF3N3OS. The molecule has 1 aliphatic heterocycles. The third-order valence-electron chi connectivity index (χ3n) is 6.39. The molecule has 4 nitrogen and oxygen atoms in total. The van der Waals surface area contributed by atoms with Crippen LogP contribution in [0.1, 0.15) is 59.8 Å². The van der Waals surface area contributed by atoms with Crippen LogP contribution in [0.2, 0.25) is 0 Å². The quantitative estimate of drug-likeness (QED) is 0.153. The third kappa shape index (κ3) is 8.76. The molecule has 0 radical (unpaired) electrons. The molecule has 0 spiro atoms. The van der Waals surface area contributed by atoms with Gasteiger partial charge in [-0.3, -0.25) is 14.7 Å². The van der Waals surface area contributed by atoms with Crippen LogP contribution in [0.15, 0.2) is 38.4 Å². The fourth-order valence-electron chi connectivity index (χ4n) is 4.02. The Morgan fingerprint density at radius 3 is 2.38 bits per heavy atom. The number of alkyl halides is 3. The monoisotopic (exact) mass is 519 g/mol. The van der Waals surface area contributed by atoms with E-state index in [0.717, 1.165) is 51.3 Å². The first-order valence-electron chi connectivity index (χ1n) is 12.1. The lowest BCUT2D eigenvalue weighted by Gasteiger charge is -2.38. The molecule has 0 aromatic rings. The number of aliphatic imine (C=N–C) groups is 1. The van der Waals surface area contributed by atoms with Crippen molar-refractivity contribution >= 4 is 36.4 Å². The number of carbonyl (C=O) groups excluding carboxylic acids is 1. The fourth-order valence-corrected chi connectivity index (χ4v) is 4.33. The predicted octanol–water partition coefficient (Wildman–Crippen LogP) is 6.60. The number of rotatable bonds is 10. The highest BCUT2D eigenvalue weighted by Gasteiger charge is 2.35. The van der Waals surface area contributed by atoms with Gasteiger partial charge >= 0.3 is 6.18 Å². The van der Waals surface area contributed by atoms with Crippen molar-refractivity contribution in [2.45, 2.75) is 72.0 Å². The first-order chi connectivity index (χ1) is 16.0. The molecule has 1 unspecified atom stereocenters. The van der Waals surface area contributed by atoms with Crippen LogP contribution in [0.5, 0.6) is 0 Å². The molecule has 1 heterocycles.